The average Bonchev–Trinajstić information content (AvgIpc) is 3.38. The maximum absolute atomic E-state index is 13.3. The van der Waals surface area contributed by atoms with Gasteiger partial charge in [0.05, 0.1) is 10.6 Å². The van der Waals surface area contributed by atoms with Crippen LogP contribution in [-0.2, 0) is 0 Å². The number of halogens is 1. The molecule has 2 N–H and O–H groups in total. The van der Waals surface area contributed by atoms with Gasteiger partial charge in [0.25, 0.3) is 5.91 Å². The van der Waals surface area contributed by atoms with Gasteiger partial charge in [0.2, 0.25) is 5.82 Å². The highest BCUT2D eigenvalue weighted by Gasteiger charge is 2.28. The molecule has 0 spiro atoms. The summed E-state index contributed by atoms with van der Waals surface area (Å²) in [6.07, 6.45) is 1.78. The summed E-state index contributed by atoms with van der Waals surface area (Å²) >= 11 is 1.52. The Hall–Kier alpha value is -2.58. The Kier molecular flexibility index (Phi) is 5.23. The number of carbonyl (C=O) groups is 1. The summed E-state index contributed by atoms with van der Waals surface area (Å²) in [5.41, 5.74) is 6.65. The number of thiophene rings is 1. The van der Waals surface area contributed by atoms with Crippen LogP contribution in [0.4, 0.5) is 4.39 Å². The second-order valence-corrected chi connectivity index (χ2v) is 8.06. The zero-order valence-corrected chi connectivity index (χ0v) is 16.4. The number of rotatable bonds is 4. The lowest BCUT2D eigenvalue weighted by atomic mass is 9.91. The van der Waals surface area contributed by atoms with E-state index in [-0.39, 0.29) is 23.6 Å². The maximum Gasteiger partial charge on any atom is 0.293 e. The van der Waals surface area contributed by atoms with Gasteiger partial charge in [-0.1, -0.05) is 6.07 Å². The van der Waals surface area contributed by atoms with E-state index < -0.39 is 0 Å². The number of amides is 1. The van der Waals surface area contributed by atoms with Crippen molar-refractivity contribution < 1.29 is 9.18 Å². The molecule has 1 aliphatic rings. The zero-order chi connectivity index (χ0) is 19.7. The van der Waals surface area contributed by atoms with Crippen LogP contribution < -0.4 is 5.73 Å². The third-order valence-corrected chi connectivity index (χ3v) is 6.05. The predicted molar refractivity (Wildman–Crippen MR) is 107 cm³/mol. The van der Waals surface area contributed by atoms with Gasteiger partial charge < -0.3 is 10.6 Å². The van der Waals surface area contributed by atoms with E-state index in [0.29, 0.717) is 30.5 Å². The molecule has 2 aromatic heterocycles. The Bertz CT molecular complexity index is 944. The van der Waals surface area contributed by atoms with Gasteiger partial charge >= 0.3 is 0 Å². The van der Waals surface area contributed by atoms with E-state index in [1.807, 2.05) is 24.4 Å². The summed E-state index contributed by atoms with van der Waals surface area (Å²) in [4.78, 5) is 20.2. The molecule has 0 aliphatic carbocycles. The largest absolute Gasteiger partial charge is 0.336 e. The molecule has 0 radical (unpaired) electrons. The number of likely N-dealkylation sites (tertiary alicyclic amines) is 1. The quantitative estimate of drug-likeness (QED) is 0.730. The van der Waals surface area contributed by atoms with Crippen LogP contribution in [0.25, 0.3) is 16.4 Å². The van der Waals surface area contributed by atoms with Gasteiger partial charge in [-0.25, -0.2) is 14.1 Å². The number of nitrogens with zero attached hydrogens (tertiary/aromatic N) is 4. The normalized spacial score (nSPS) is 16.3. The predicted octanol–water partition coefficient (Wildman–Crippen LogP) is 3.33. The minimum atomic E-state index is -0.324. The van der Waals surface area contributed by atoms with E-state index in [4.69, 9.17) is 5.73 Å². The third kappa shape index (κ3) is 3.70. The standard InChI is InChI=1S/C20H22FN5OS/c1-13(22)14-8-10-25(11-9-14)20(27)18-23-19(17-3-2-12-28-17)26(24-18)16-6-4-15(21)5-7-16/h2-7,12-14H,8-11,22H2,1H3. The van der Waals surface area contributed by atoms with Crippen LogP contribution in [0.3, 0.4) is 0 Å². The summed E-state index contributed by atoms with van der Waals surface area (Å²) < 4.78 is 14.9. The molecule has 0 saturated carbocycles. The number of aromatic nitrogens is 3. The van der Waals surface area contributed by atoms with E-state index >= 15 is 0 Å². The molecule has 28 heavy (non-hydrogen) atoms. The van der Waals surface area contributed by atoms with Crippen molar-refractivity contribution in [3.63, 3.8) is 0 Å². The van der Waals surface area contributed by atoms with Crippen molar-refractivity contribution in [3.05, 3.63) is 53.4 Å². The molecular formula is C20H22FN5OS. The highest BCUT2D eigenvalue weighted by atomic mass is 32.1. The Labute approximate surface area is 166 Å². The van der Waals surface area contributed by atoms with Crippen LogP contribution in [0.15, 0.2) is 41.8 Å². The van der Waals surface area contributed by atoms with E-state index in [9.17, 15) is 9.18 Å². The molecule has 1 aromatic carbocycles. The lowest BCUT2D eigenvalue weighted by Gasteiger charge is -2.33. The van der Waals surface area contributed by atoms with Crippen LogP contribution >= 0.6 is 11.3 Å². The monoisotopic (exact) mass is 399 g/mol. The first-order valence-corrected chi connectivity index (χ1v) is 10.2. The van der Waals surface area contributed by atoms with Crippen molar-refractivity contribution in [2.75, 3.05) is 13.1 Å². The number of carbonyl (C=O) groups excluding carboxylic acids is 1. The molecule has 1 saturated heterocycles. The Morgan fingerprint density at radius 1 is 1.25 bits per heavy atom. The molecular weight excluding hydrogens is 377 g/mol. The van der Waals surface area contributed by atoms with E-state index in [1.54, 1.807) is 21.7 Å². The number of hydrogen-bond donors (Lipinski definition) is 1. The lowest BCUT2D eigenvalue weighted by Crippen LogP contribution is -2.42. The van der Waals surface area contributed by atoms with Gasteiger partial charge in [0.15, 0.2) is 5.82 Å². The second-order valence-electron chi connectivity index (χ2n) is 7.11. The van der Waals surface area contributed by atoms with Gasteiger partial charge in [-0.2, -0.15) is 0 Å². The molecule has 1 aliphatic heterocycles. The molecule has 4 rings (SSSR count). The molecule has 1 amide bonds. The minimum absolute atomic E-state index is 0.137. The molecule has 3 aromatic rings. The van der Waals surface area contributed by atoms with Crippen molar-refractivity contribution in [1.29, 1.82) is 0 Å². The molecule has 1 unspecified atom stereocenters. The fraction of sp³-hybridized carbons (Fsp3) is 0.350. The molecule has 6 nitrogen and oxygen atoms in total. The number of piperidine rings is 1. The van der Waals surface area contributed by atoms with Crippen molar-refractivity contribution in [2.24, 2.45) is 11.7 Å². The van der Waals surface area contributed by atoms with E-state index in [0.717, 1.165) is 17.7 Å². The van der Waals surface area contributed by atoms with E-state index in [2.05, 4.69) is 10.1 Å². The van der Waals surface area contributed by atoms with Crippen molar-refractivity contribution in [3.8, 4) is 16.4 Å². The fourth-order valence-corrected chi connectivity index (χ4v) is 4.20. The van der Waals surface area contributed by atoms with Gasteiger partial charge in [-0.15, -0.1) is 16.4 Å². The second kappa shape index (κ2) is 7.81. The highest BCUT2D eigenvalue weighted by Crippen LogP contribution is 2.27. The summed E-state index contributed by atoms with van der Waals surface area (Å²) in [6.45, 7) is 3.33. The summed E-state index contributed by atoms with van der Waals surface area (Å²) in [6, 6.07) is 9.98. The molecule has 1 atom stereocenters. The van der Waals surface area contributed by atoms with Crippen LogP contribution in [0.2, 0.25) is 0 Å². The summed E-state index contributed by atoms with van der Waals surface area (Å²) in [5.74, 6) is 0.675. The van der Waals surface area contributed by atoms with Crippen LogP contribution in [0.1, 0.15) is 30.4 Å². The smallest absolute Gasteiger partial charge is 0.293 e. The van der Waals surface area contributed by atoms with Gasteiger partial charge in [0, 0.05) is 19.1 Å². The maximum atomic E-state index is 13.3. The van der Waals surface area contributed by atoms with Crippen molar-refractivity contribution in [2.45, 2.75) is 25.8 Å². The number of benzene rings is 1. The van der Waals surface area contributed by atoms with Gasteiger partial charge in [0.1, 0.15) is 5.82 Å². The molecule has 1 fully saturated rings. The number of hydrogen-bond acceptors (Lipinski definition) is 5. The topological polar surface area (TPSA) is 77.0 Å². The van der Waals surface area contributed by atoms with Gasteiger partial charge in [-0.05, 0) is 61.4 Å². The minimum Gasteiger partial charge on any atom is -0.336 e. The number of nitrogens with two attached hydrogens (primary N) is 1. The highest BCUT2D eigenvalue weighted by molar-refractivity contribution is 7.13. The molecule has 3 heterocycles. The first kappa shape index (κ1) is 18.8. The van der Waals surface area contributed by atoms with Crippen LogP contribution in [0.5, 0.6) is 0 Å². The Morgan fingerprint density at radius 2 is 1.96 bits per heavy atom. The Morgan fingerprint density at radius 3 is 2.57 bits per heavy atom. The average molecular weight is 399 g/mol. The molecule has 8 heteroatoms. The van der Waals surface area contributed by atoms with Crippen LogP contribution in [-0.4, -0.2) is 44.7 Å². The zero-order valence-electron chi connectivity index (χ0n) is 15.6. The molecule has 0 bridgehead atoms. The van der Waals surface area contributed by atoms with E-state index in [1.165, 1.54) is 23.5 Å². The van der Waals surface area contributed by atoms with Crippen molar-refractivity contribution in [1.82, 2.24) is 19.7 Å². The van der Waals surface area contributed by atoms with Crippen LogP contribution in [0, 0.1) is 11.7 Å². The third-order valence-electron chi connectivity index (χ3n) is 5.18. The van der Waals surface area contributed by atoms with Crippen molar-refractivity contribution >= 4 is 17.2 Å². The van der Waals surface area contributed by atoms with Gasteiger partial charge in [-0.3, -0.25) is 4.79 Å². The fourth-order valence-electron chi connectivity index (χ4n) is 3.50. The summed E-state index contributed by atoms with van der Waals surface area (Å²) in [5, 5.41) is 6.41. The first-order chi connectivity index (χ1) is 13.5. The summed E-state index contributed by atoms with van der Waals surface area (Å²) in [7, 11) is 0. The SMILES string of the molecule is CC(N)C1CCN(C(=O)c2nc(-c3cccs3)n(-c3ccc(F)cc3)n2)CC1. The lowest BCUT2D eigenvalue weighted by molar-refractivity contribution is 0.0668. The first-order valence-electron chi connectivity index (χ1n) is 9.34. The Balaban J connectivity index is 1.64. The molecule has 146 valence electrons.